The van der Waals surface area contributed by atoms with Crippen LogP contribution >= 0.6 is 15.9 Å². The van der Waals surface area contributed by atoms with E-state index in [0.29, 0.717) is 4.47 Å². The van der Waals surface area contributed by atoms with Gasteiger partial charge in [-0.1, -0.05) is 32.6 Å². The molecule has 0 aromatic carbocycles. The normalized spacial score (nSPS) is 22.2. The average Bonchev–Trinajstić information content (AvgIpc) is 2.48. The number of aliphatic hydroxyl groups is 1. The molecule has 0 radical (unpaired) electrons. The smallest absolute Gasteiger partial charge is 0.283 e. The van der Waals surface area contributed by atoms with Crippen molar-refractivity contribution < 1.29 is 5.11 Å². The van der Waals surface area contributed by atoms with E-state index in [1.165, 1.54) is 30.4 Å². The fraction of sp³-hybridized carbons (Fsp3) is 0.733. The second-order valence-corrected chi connectivity index (χ2v) is 6.76. The van der Waals surface area contributed by atoms with Crippen molar-refractivity contribution in [3.05, 3.63) is 21.0 Å². The molecule has 0 saturated heterocycles. The lowest BCUT2D eigenvalue weighted by Crippen LogP contribution is -2.26. The van der Waals surface area contributed by atoms with Gasteiger partial charge in [0, 0.05) is 6.54 Å². The molecule has 0 bridgehead atoms. The summed E-state index contributed by atoms with van der Waals surface area (Å²) in [5, 5.41) is 16.2. The van der Waals surface area contributed by atoms with Crippen LogP contribution in [0, 0.1) is 11.8 Å². The number of hydrogen-bond acceptors (Lipinski definition) is 4. The molecular weight excluding hydrogens is 334 g/mol. The van der Waals surface area contributed by atoms with Gasteiger partial charge >= 0.3 is 0 Å². The van der Waals surface area contributed by atoms with E-state index >= 15 is 0 Å². The third-order valence-electron chi connectivity index (χ3n) is 4.30. The highest BCUT2D eigenvalue weighted by molar-refractivity contribution is 9.10. The monoisotopic (exact) mass is 357 g/mol. The van der Waals surface area contributed by atoms with Gasteiger partial charge in [0.05, 0.1) is 25.0 Å². The number of nitrogens with one attached hydrogen (secondary N) is 1. The summed E-state index contributed by atoms with van der Waals surface area (Å²) in [4.78, 5) is 12.0. The van der Waals surface area contributed by atoms with E-state index in [1.54, 1.807) is 6.20 Å². The Hall–Kier alpha value is -0.880. The summed E-state index contributed by atoms with van der Waals surface area (Å²) in [5.74, 6) is 1.68. The molecule has 1 aromatic rings. The summed E-state index contributed by atoms with van der Waals surface area (Å²) < 4.78 is 1.75. The van der Waals surface area contributed by atoms with Crippen LogP contribution in [0.3, 0.4) is 0 Å². The molecule has 0 amide bonds. The Morgan fingerprint density at radius 1 is 1.43 bits per heavy atom. The first-order chi connectivity index (χ1) is 10.1. The van der Waals surface area contributed by atoms with E-state index in [2.05, 4.69) is 33.3 Å². The third kappa shape index (κ3) is 4.54. The molecule has 5 nitrogen and oxygen atoms in total. The molecule has 2 rings (SSSR count). The molecule has 1 heterocycles. The van der Waals surface area contributed by atoms with Crippen molar-refractivity contribution in [3.63, 3.8) is 0 Å². The third-order valence-corrected chi connectivity index (χ3v) is 5.07. The van der Waals surface area contributed by atoms with E-state index < -0.39 is 0 Å². The summed E-state index contributed by atoms with van der Waals surface area (Å²) in [6, 6.07) is 0. The number of rotatable bonds is 6. The molecule has 2 N–H and O–H groups in total. The van der Waals surface area contributed by atoms with Crippen LogP contribution in [0.5, 0.6) is 0 Å². The molecular formula is C15H24BrN3O2. The Labute approximate surface area is 133 Å². The molecule has 0 aliphatic heterocycles. The van der Waals surface area contributed by atoms with Gasteiger partial charge in [-0.3, -0.25) is 4.79 Å². The number of halogens is 1. The number of nitrogens with zero attached hydrogens (tertiary/aromatic N) is 2. The topological polar surface area (TPSA) is 67.2 Å². The van der Waals surface area contributed by atoms with Crippen molar-refractivity contribution in [2.75, 3.05) is 18.5 Å². The Morgan fingerprint density at radius 2 is 2.14 bits per heavy atom. The quantitative estimate of drug-likeness (QED) is 0.821. The predicted molar refractivity (Wildman–Crippen MR) is 87.5 cm³/mol. The van der Waals surface area contributed by atoms with Crippen molar-refractivity contribution in [2.24, 2.45) is 11.8 Å². The standard InChI is InChI=1S/C15H24BrN3O2/c1-11-2-4-12(5-3-11)6-7-17-13-10-18-19(8-9-20)15(21)14(13)16/h10-12,17,20H,2-9H2,1H3. The van der Waals surface area contributed by atoms with Crippen LogP contribution in [0.25, 0.3) is 0 Å². The van der Waals surface area contributed by atoms with Crippen LogP contribution in [-0.4, -0.2) is 28.0 Å². The van der Waals surface area contributed by atoms with Gasteiger partial charge in [0.2, 0.25) is 0 Å². The minimum Gasteiger partial charge on any atom is -0.394 e. The zero-order chi connectivity index (χ0) is 15.2. The first-order valence-corrected chi connectivity index (χ1v) is 8.51. The van der Waals surface area contributed by atoms with Crippen LogP contribution in [0.1, 0.15) is 39.0 Å². The fourth-order valence-corrected chi connectivity index (χ4v) is 3.32. The highest BCUT2D eigenvalue weighted by Gasteiger charge is 2.18. The van der Waals surface area contributed by atoms with Gasteiger partial charge in [0.15, 0.2) is 0 Å². The van der Waals surface area contributed by atoms with Gasteiger partial charge in [-0.2, -0.15) is 5.10 Å². The lowest BCUT2D eigenvalue weighted by Gasteiger charge is -2.26. The zero-order valence-corrected chi connectivity index (χ0v) is 14.1. The molecule has 1 aliphatic rings. The Balaban J connectivity index is 1.86. The molecule has 1 fully saturated rings. The number of aromatic nitrogens is 2. The predicted octanol–water partition coefficient (Wildman–Crippen LogP) is 2.63. The van der Waals surface area contributed by atoms with Gasteiger partial charge in [0.25, 0.3) is 5.56 Å². The SMILES string of the molecule is CC1CCC(CCNc2cnn(CCO)c(=O)c2Br)CC1. The summed E-state index contributed by atoms with van der Waals surface area (Å²) in [6.45, 7) is 3.33. The second-order valence-electron chi connectivity index (χ2n) is 5.97. The number of hydrogen-bond donors (Lipinski definition) is 2. The second kappa shape index (κ2) is 7.94. The van der Waals surface area contributed by atoms with Crippen molar-refractivity contribution in [1.29, 1.82) is 0 Å². The Kier molecular flexibility index (Phi) is 6.23. The fourth-order valence-electron chi connectivity index (χ4n) is 2.87. The molecule has 0 unspecified atom stereocenters. The van der Waals surface area contributed by atoms with Crippen molar-refractivity contribution >= 4 is 21.6 Å². The lowest BCUT2D eigenvalue weighted by molar-refractivity contribution is 0.266. The van der Waals surface area contributed by atoms with Gasteiger partial charge in [-0.25, -0.2) is 4.68 Å². The minimum atomic E-state index is -0.208. The number of anilines is 1. The van der Waals surface area contributed by atoms with E-state index in [1.807, 2.05) is 0 Å². The largest absolute Gasteiger partial charge is 0.394 e. The molecule has 1 aromatic heterocycles. The minimum absolute atomic E-state index is 0.0910. The zero-order valence-electron chi connectivity index (χ0n) is 12.5. The van der Waals surface area contributed by atoms with Crippen molar-refractivity contribution in [1.82, 2.24) is 9.78 Å². The van der Waals surface area contributed by atoms with Gasteiger partial charge in [0.1, 0.15) is 4.47 Å². The summed E-state index contributed by atoms with van der Waals surface area (Å²) in [7, 11) is 0. The van der Waals surface area contributed by atoms with E-state index in [9.17, 15) is 4.79 Å². The highest BCUT2D eigenvalue weighted by Crippen LogP contribution is 2.30. The molecule has 0 spiro atoms. The Bertz CT molecular complexity index is 510. The molecule has 6 heteroatoms. The van der Waals surface area contributed by atoms with E-state index in [4.69, 9.17) is 5.11 Å². The lowest BCUT2D eigenvalue weighted by atomic mass is 9.81. The summed E-state index contributed by atoms with van der Waals surface area (Å²) in [5.41, 5.74) is 0.527. The van der Waals surface area contributed by atoms with Gasteiger partial charge < -0.3 is 10.4 Å². The highest BCUT2D eigenvalue weighted by atomic mass is 79.9. The molecule has 1 aliphatic carbocycles. The average molecular weight is 358 g/mol. The van der Waals surface area contributed by atoms with Gasteiger partial charge in [-0.05, 0) is 34.2 Å². The maximum absolute atomic E-state index is 12.0. The maximum Gasteiger partial charge on any atom is 0.283 e. The maximum atomic E-state index is 12.0. The summed E-state index contributed by atoms with van der Waals surface area (Å²) in [6.07, 6.45) is 8.10. The Morgan fingerprint density at radius 3 is 2.81 bits per heavy atom. The van der Waals surface area contributed by atoms with E-state index in [-0.39, 0.29) is 18.7 Å². The molecule has 1 saturated carbocycles. The van der Waals surface area contributed by atoms with Crippen LogP contribution < -0.4 is 10.9 Å². The first kappa shape index (κ1) is 16.5. The van der Waals surface area contributed by atoms with Crippen LogP contribution in [0.4, 0.5) is 5.69 Å². The van der Waals surface area contributed by atoms with Crippen LogP contribution in [-0.2, 0) is 6.54 Å². The molecule has 21 heavy (non-hydrogen) atoms. The molecule has 118 valence electrons. The van der Waals surface area contributed by atoms with Crippen LogP contribution in [0.15, 0.2) is 15.5 Å². The van der Waals surface area contributed by atoms with Crippen LogP contribution in [0.2, 0.25) is 0 Å². The summed E-state index contributed by atoms with van der Waals surface area (Å²) >= 11 is 3.32. The van der Waals surface area contributed by atoms with Crippen molar-refractivity contribution in [3.8, 4) is 0 Å². The van der Waals surface area contributed by atoms with E-state index in [0.717, 1.165) is 30.5 Å². The first-order valence-electron chi connectivity index (χ1n) is 7.72. The van der Waals surface area contributed by atoms with Crippen molar-refractivity contribution in [2.45, 2.75) is 45.6 Å². The van der Waals surface area contributed by atoms with Gasteiger partial charge in [-0.15, -0.1) is 0 Å². The number of aliphatic hydroxyl groups excluding tert-OH is 1. The molecule has 0 atom stereocenters.